The molecule has 0 heterocycles. The lowest BCUT2D eigenvalue weighted by Gasteiger charge is -1.93. The van der Waals surface area contributed by atoms with Crippen molar-refractivity contribution < 1.29 is 9.59 Å². The molecule has 0 aromatic rings. The lowest BCUT2D eigenvalue weighted by molar-refractivity contribution is -0.125. The van der Waals surface area contributed by atoms with Crippen molar-refractivity contribution in [1.82, 2.24) is 5.32 Å². The van der Waals surface area contributed by atoms with E-state index in [2.05, 4.69) is 5.32 Å². The Morgan fingerprint density at radius 1 is 1.67 bits per heavy atom. The average molecular weight is 129 g/mol. The second-order valence-electron chi connectivity index (χ2n) is 1.79. The molecule has 0 saturated heterocycles. The van der Waals surface area contributed by atoms with Gasteiger partial charge in [-0.15, -0.1) is 0 Å². The SMILES string of the molecule is CCCCC(=O)NC=O. The predicted octanol–water partition coefficient (Wildman–Crippen LogP) is 0.449. The lowest BCUT2D eigenvalue weighted by atomic mass is 10.2. The first-order valence-corrected chi connectivity index (χ1v) is 3.04. The standard InChI is InChI=1S/C6H11NO2/c1-2-3-4-6(9)7-5-8/h5H,2-4H2,1H3,(H,7,8,9). The molecule has 3 heteroatoms. The molecule has 2 amide bonds. The number of carbonyl (C=O) groups is 2. The zero-order chi connectivity index (χ0) is 7.11. The third kappa shape index (κ3) is 5.00. The summed E-state index contributed by atoms with van der Waals surface area (Å²) in [5.74, 6) is -0.188. The highest BCUT2D eigenvalue weighted by Gasteiger charge is 1.95. The minimum absolute atomic E-state index is 0.188. The molecule has 0 aliphatic rings. The van der Waals surface area contributed by atoms with Crippen molar-refractivity contribution in [2.24, 2.45) is 0 Å². The number of hydrogen-bond acceptors (Lipinski definition) is 2. The van der Waals surface area contributed by atoms with Gasteiger partial charge in [0.25, 0.3) is 0 Å². The van der Waals surface area contributed by atoms with Gasteiger partial charge in [-0.3, -0.25) is 14.9 Å². The van der Waals surface area contributed by atoms with Crippen molar-refractivity contribution in [3.8, 4) is 0 Å². The summed E-state index contributed by atoms with van der Waals surface area (Å²) in [5, 5.41) is 2.06. The molecular weight excluding hydrogens is 118 g/mol. The van der Waals surface area contributed by atoms with Crippen LogP contribution < -0.4 is 5.32 Å². The van der Waals surface area contributed by atoms with E-state index < -0.39 is 0 Å². The molecule has 1 N–H and O–H groups in total. The van der Waals surface area contributed by atoms with Gasteiger partial charge >= 0.3 is 0 Å². The Morgan fingerprint density at radius 3 is 2.78 bits per heavy atom. The number of carbonyl (C=O) groups excluding carboxylic acids is 2. The number of unbranched alkanes of at least 4 members (excludes halogenated alkanes) is 1. The van der Waals surface area contributed by atoms with Crippen LogP contribution >= 0.6 is 0 Å². The Morgan fingerprint density at radius 2 is 2.33 bits per heavy atom. The molecule has 0 atom stereocenters. The third-order valence-electron chi connectivity index (χ3n) is 0.977. The van der Waals surface area contributed by atoms with Gasteiger partial charge in [0.2, 0.25) is 12.3 Å². The zero-order valence-corrected chi connectivity index (χ0v) is 5.52. The van der Waals surface area contributed by atoms with E-state index in [4.69, 9.17) is 0 Å². The summed E-state index contributed by atoms with van der Waals surface area (Å²) in [4.78, 5) is 20.1. The minimum Gasteiger partial charge on any atom is -0.299 e. The Kier molecular flexibility index (Phi) is 4.78. The molecule has 52 valence electrons. The van der Waals surface area contributed by atoms with Crippen molar-refractivity contribution in [2.75, 3.05) is 0 Å². The largest absolute Gasteiger partial charge is 0.299 e. The van der Waals surface area contributed by atoms with E-state index in [-0.39, 0.29) is 5.91 Å². The van der Waals surface area contributed by atoms with E-state index in [1.54, 1.807) is 0 Å². The fraction of sp³-hybridized carbons (Fsp3) is 0.667. The van der Waals surface area contributed by atoms with E-state index >= 15 is 0 Å². The van der Waals surface area contributed by atoms with Crippen LogP contribution in [0, 0.1) is 0 Å². The van der Waals surface area contributed by atoms with Crippen LogP contribution in [0.5, 0.6) is 0 Å². The quantitative estimate of drug-likeness (QED) is 0.560. The van der Waals surface area contributed by atoms with Gasteiger partial charge in [-0.25, -0.2) is 0 Å². The summed E-state index contributed by atoms with van der Waals surface area (Å²) in [6, 6.07) is 0. The van der Waals surface area contributed by atoms with Crippen LogP contribution in [0.3, 0.4) is 0 Å². The van der Waals surface area contributed by atoms with Crippen molar-refractivity contribution in [3.05, 3.63) is 0 Å². The Hall–Kier alpha value is -0.860. The number of imide groups is 1. The van der Waals surface area contributed by atoms with Crippen LogP contribution in [-0.2, 0) is 9.59 Å². The highest BCUT2D eigenvalue weighted by atomic mass is 16.2. The van der Waals surface area contributed by atoms with Crippen molar-refractivity contribution >= 4 is 12.3 Å². The highest BCUT2D eigenvalue weighted by molar-refractivity contribution is 5.85. The molecule has 0 rings (SSSR count). The summed E-state index contributed by atoms with van der Waals surface area (Å²) >= 11 is 0. The minimum atomic E-state index is -0.188. The summed E-state index contributed by atoms with van der Waals surface area (Å²) in [6.07, 6.45) is 2.69. The van der Waals surface area contributed by atoms with Crippen molar-refractivity contribution in [2.45, 2.75) is 26.2 Å². The molecule has 0 bridgehead atoms. The summed E-state index contributed by atoms with van der Waals surface area (Å²) in [5.41, 5.74) is 0. The monoisotopic (exact) mass is 129 g/mol. The molecule has 0 unspecified atom stereocenters. The first kappa shape index (κ1) is 8.14. The molecule has 0 radical (unpaired) electrons. The second-order valence-corrected chi connectivity index (χ2v) is 1.79. The molecule has 0 aliphatic heterocycles. The number of rotatable bonds is 4. The maximum Gasteiger partial charge on any atom is 0.226 e. The van der Waals surface area contributed by atoms with Gasteiger partial charge in [-0.2, -0.15) is 0 Å². The van der Waals surface area contributed by atoms with Crippen LogP contribution in [-0.4, -0.2) is 12.3 Å². The Balaban J connectivity index is 3.16. The molecule has 0 aliphatic carbocycles. The highest BCUT2D eigenvalue weighted by Crippen LogP contribution is 1.91. The number of amides is 2. The maximum absolute atomic E-state index is 10.5. The van der Waals surface area contributed by atoms with Crippen molar-refractivity contribution in [3.63, 3.8) is 0 Å². The van der Waals surface area contributed by atoms with Gasteiger partial charge in [0, 0.05) is 6.42 Å². The van der Waals surface area contributed by atoms with Gasteiger partial charge < -0.3 is 0 Å². The second kappa shape index (κ2) is 5.28. The van der Waals surface area contributed by atoms with Crippen LogP contribution in [0.1, 0.15) is 26.2 Å². The third-order valence-corrected chi connectivity index (χ3v) is 0.977. The van der Waals surface area contributed by atoms with Gasteiger partial charge in [0.15, 0.2) is 0 Å². The van der Waals surface area contributed by atoms with Gasteiger partial charge in [0.1, 0.15) is 0 Å². The molecular formula is C6H11NO2. The number of hydrogen-bond donors (Lipinski definition) is 1. The zero-order valence-electron chi connectivity index (χ0n) is 5.52. The fourth-order valence-corrected chi connectivity index (χ4v) is 0.475. The number of nitrogens with one attached hydrogen (secondary N) is 1. The molecule has 0 spiro atoms. The molecule has 0 aromatic heterocycles. The first-order valence-electron chi connectivity index (χ1n) is 3.04. The topological polar surface area (TPSA) is 46.2 Å². The maximum atomic E-state index is 10.5. The normalized spacial score (nSPS) is 8.56. The van der Waals surface area contributed by atoms with Gasteiger partial charge in [0.05, 0.1) is 0 Å². The van der Waals surface area contributed by atoms with Gasteiger partial charge in [-0.05, 0) is 6.42 Å². The van der Waals surface area contributed by atoms with E-state index in [1.807, 2.05) is 6.92 Å². The summed E-state index contributed by atoms with van der Waals surface area (Å²) < 4.78 is 0. The fourth-order valence-electron chi connectivity index (χ4n) is 0.475. The van der Waals surface area contributed by atoms with Crippen molar-refractivity contribution in [1.29, 1.82) is 0 Å². The van der Waals surface area contributed by atoms with E-state index in [0.717, 1.165) is 12.8 Å². The molecule has 9 heavy (non-hydrogen) atoms. The summed E-state index contributed by atoms with van der Waals surface area (Å²) in [7, 11) is 0. The smallest absolute Gasteiger partial charge is 0.226 e. The molecule has 3 nitrogen and oxygen atoms in total. The van der Waals surface area contributed by atoms with Crippen LogP contribution in [0.25, 0.3) is 0 Å². The average Bonchev–Trinajstić information content (AvgIpc) is 1.85. The molecule has 0 fully saturated rings. The Labute approximate surface area is 54.4 Å². The summed E-state index contributed by atoms with van der Waals surface area (Å²) in [6.45, 7) is 1.99. The molecule has 0 aromatic carbocycles. The predicted molar refractivity (Wildman–Crippen MR) is 33.7 cm³/mol. The van der Waals surface area contributed by atoms with Crippen LogP contribution in [0.2, 0.25) is 0 Å². The molecule has 0 saturated carbocycles. The van der Waals surface area contributed by atoms with E-state index in [9.17, 15) is 9.59 Å². The van der Waals surface area contributed by atoms with E-state index in [0.29, 0.717) is 12.8 Å². The van der Waals surface area contributed by atoms with Crippen LogP contribution in [0.4, 0.5) is 0 Å². The van der Waals surface area contributed by atoms with Crippen LogP contribution in [0.15, 0.2) is 0 Å². The lowest BCUT2D eigenvalue weighted by Crippen LogP contribution is -2.20. The first-order chi connectivity index (χ1) is 4.31. The van der Waals surface area contributed by atoms with E-state index in [1.165, 1.54) is 0 Å². The Bertz CT molecular complexity index is 101. The van der Waals surface area contributed by atoms with Gasteiger partial charge in [-0.1, -0.05) is 13.3 Å².